The topological polar surface area (TPSA) is 70.2 Å². The van der Waals surface area contributed by atoms with Gasteiger partial charge in [0.05, 0.1) is 0 Å². The minimum absolute atomic E-state index is 0.209. The van der Waals surface area contributed by atoms with Gasteiger partial charge in [0.2, 0.25) is 0 Å². The average Bonchev–Trinajstić information content (AvgIpc) is 3.21. The standard InChI is InChI=1S/C17H22N4O2/c1-13-7-9-21(12-13)10-11-23-15-4-2-14(3-5-15)19-17(22)16-6-8-18-20-16/h2-6,8,13H,7,9-12H2,1H3,(H,18,20)(H,19,22). The van der Waals surface area contributed by atoms with Gasteiger partial charge in [0.25, 0.3) is 5.91 Å². The van der Waals surface area contributed by atoms with Gasteiger partial charge in [0, 0.05) is 25.0 Å². The number of carbonyl (C=O) groups excluding carboxylic acids is 1. The molecule has 1 aromatic carbocycles. The zero-order valence-corrected chi connectivity index (χ0v) is 13.3. The Hall–Kier alpha value is -2.34. The highest BCUT2D eigenvalue weighted by atomic mass is 16.5. The van der Waals surface area contributed by atoms with Gasteiger partial charge in [-0.2, -0.15) is 5.10 Å². The number of nitrogens with zero attached hydrogens (tertiary/aromatic N) is 2. The molecule has 1 atom stereocenters. The number of H-pyrrole nitrogens is 1. The summed E-state index contributed by atoms with van der Waals surface area (Å²) >= 11 is 0. The first-order valence-electron chi connectivity index (χ1n) is 7.96. The molecule has 1 fully saturated rings. The first kappa shape index (κ1) is 15.6. The number of rotatable bonds is 6. The zero-order chi connectivity index (χ0) is 16.1. The van der Waals surface area contributed by atoms with E-state index in [1.54, 1.807) is 12.3 Å². The minimum Gasteiger partial charge on any atom is -0.492 e. The van der Waals surface area contributed by atoms with Gasteiger partial charge in [0.1, 0.15) is 18.1 Å². The summed E-state index contributed by atoms with van der Waals surface area (Å²) in [4.78, 5) is 14.3. The number of amides is 1. The third kappa shape index (κ3) is 4.32. The molecule has 2 aromatic rings. The first-order chi connectivity index (χ1) is 11.2. The third-order valence-corrected chi connectivity index (χ3v) is 4.04. The number of likely N-dealkylation sites (tertiary alicyclic amines) is 1. The van der Waals surface area contributed by atoms with E-state index in [1.807, 2.05) is 24.3 Å². The summed E-state index contributed by atoms with van der Waals surface area (Å²) < 4.78 is 5.76. The molecule has 0 radical (unpaired) electrons. The van der Waals surface area contributed by atoms with Gasteiger partial charge < -0.3 is 10.1 Å². The van der Waals surface area contributed by atoms with Crippen molar-refractivity contribution < 1.29 is 9.53 Å². The molecule has 0 bridgehead atoms. The number of benzene rings is 1. The van der Waals surface area contributed by atoms with Crippen molar-refractivity contribution in [1.29, 1.82) is 0 Å². The van der Waals surface area contributed by atoms with Gasteiger partial charge in [-0.1, -0.05) is 6.92 Å². The molecule has 6 nitrogen and oxygen atoms in total. The average molecular weight is 314 g/mol. The summed E-state index contributed by atoms with van der Waals surface area (Å²) in [6.07, 6.45) is 2.83. The molecule has 0 aliphatic carbocycles. The van der Waals surface area contributed by atoms with Crippen molar-refractivity contribution in [2.24, 2.45) is 5.92 Å². The van der Waals surface area contributed by atoms with Crippen LogP contribution in [0.4, 0.5) is 5.69 Å². The highest BCUT2D eigenvalue weighted by Gasteiger charge is 2.17. The lowest BCUT2D eigenvalue weighted by molar-refractivity contribution is 0.102. The largest absolute Gasteiger partial charge is 0.492 e. The third-order valence-electron chi connectivity index (χ3n) is 4.04. The second-order valence-electron chi connectivity index (χ2n) is 5.99. The Labute approximate surface area is 135 Å². The van der Waals surface area contributed by atoms with Crippen LogP contribution in [-0.4, -0.2) is 47.2 Å². The van der Waals surface area contributed by atoms with Crippen LogP contribution in [0.15, 0.2) is 36.5 Å². The SMILES string of the molecule is CC1CCN(CCOc2ccc(NC(=O)c3ccn[nH]3)cc2)C1. The summed E-state index contributed by atoms with van der Waals surface area (Å²) in [6, 6.07) is 9.04. The quantitative estimate of drug-likeness (QED) is 0.859. The molecule has 1 aliphatic heterocycles. The normalized spacial score (nSPS) is 18.0. The van der Waals surface area contributed by atoms with Crippen LogP contribution in [0.3, 0.4) is 0 Å². The lowest BCUT2D eigenvalue weighted by Crippen LogP contribution is -2.25. The summed E-state index contributed by atoms with van der Waals surface area (Å²) in [5.74, 6) is 1.41. The van der Waals surface area contributed by atoms with Crippen LogP contribution in [0.5, 0.6) is 5.75 Å². The van der Waals surface area contributed by atoms with E-state index in [-0.39, 0.29) is 5.91 Å². The summed E-state index contributed by atoms with van der Waals surface area (Å²) in [5.41, 5.74) is 1.16. The van der Waals surface area contributed by atoms with E-state index in [2.05, 4.69) is 27.3 Å². The number of nitrogens with one attached hydrogen (secondary N) is 2. The van der Waals surface area contributed by atoms with Gasteiger partial charge in [0.15, 0.2) is 0 Å². The lowest BCUT2D eigenvalue weighted by atomic mass is 10.2. The molecular formula is C17H22N4O2. The first-order valence-corrected chi connectivity index (χ1v) is 7.96. The second-order valence-corrected chi connectivity index (χ2v) is 5.99. The smallest absolute Gasteiger partial charge is 0.273 e. The predicted octanol–water partition coefficient (Wildman–Crippen LogP) is 2.38. The molecule has 3 rings (SSSR count). The monoisotopic (exact) mass is 314 g/mol. The molecule has 1 amide bonds. The van der Waals surface area contributed by atoms with Crippen LogP contribution in [-0.2, 0) is 0 Å². The Balaban J connectivity index is 1.44. The van der Waals surface area contributed by atoms with E-state index < -0.39 is 0 Å². The number of ether oxygens (including phenoxy) is 1. The van der Waals surface area contributed by atoms with E-state index in [1.165, 1.54) is 19.5 Å². The number of carbonyl (C=O) groups is 1. The van der Waals surface area contributed by atoms with Crippen molar-refractivity contribution in [3.63, 3.8) is 0 Å². The van der Waals surface area contributed by atoms with Gasteiger partial charge in [-0.25, -0.2) is 0 Å². The zero-order valence-electron chi connectivity index (χ0n) is 13.3. The fourth-order valence-electron chi connectivity index (χ4n) is 2.74. The second kappa shape index (κ2) is 7.28. The van der Waals surface area contributed by atoms with Gasteiger partial charge in [-0.05, 0) is 49.2 Å². The van der Waals surface area contributed by atoms with Crippen molar-refractivity contribution in [2.75, 3.05) is 31.6 Å². The maximum absolute atomic E-state index is 11.9. The summed E-state index contributed by atoms with van der Waals surface area (Å²) in [7, 11) is 0. The van der Waals surface area contributed by atoms with E-state index in [9.17, 15) is 4.79 Å². The highest BCUT2D eigenvalue weighted by molar-refractivity contribution is 6.02. The van der Waals surface area contributed by atoms with E-state index in [0.717, 1.165) is 23.9 Å². The van der Waals surface area contributed by atoms with Crippen molar-refractivity contribution in [3.8, 4) is 5.75 Å². The van der Waals surface area contributed by atoms with E-state index in [4.69, 9.17) is 4.74 Å². The van der Waals surface area contributed by atoms with Crippen molar-refractivity contribution in [1.82, 2.24) is 15.1 Å². The molecule has 1 unspecified atom stereocenters. The molecule has 0 spiro atoms. The summed E-state index contributed by atoms with van der Waals surface area (Å²) in [5, 5.41) is 9.20. The minimum atomic E-state index is -0.209. The van der Waals surface area contributed by atoms with Crippen molar-refractivity contribution in [2.45, 2.75) is 13.3 Å². The molecule has 23 heavy (non-hydrogen) atoms. The molecule has 2 heterocycles. The number of aromatic amines is 1. The van der Waals surface area contributed by atoms with Gasteiger partial charge >= 0.3 is 0 Å². The van der Waals surface area contributed by atoms with Gasteiger partial charge in [-0.15, -0.1) is 0 Å². The highest BCUT2D eigenvalue weighted by Crippen LogP contribution is 2.17. The van der Waals surface area contributed by atoms with Crippen LogP contribution < -0.4 is 10.1 Å². The van der Waals surface area contributed by atoms with Crippen LogP contribution in [0.25, 0.3) is 0 Å². The van der Waals surface area contributed by atoms with Crippen LogP contribution >= 0.6 is 0 Å². The molecule has 1 aromatic heterocycles. The molecule has 0 saturated carbocycles. The maximum atomic E-state index is 11.9. The fraction of sp³-hybridized carbons (Fsp3) is 0.412. The van der Waals surface area contributed by atoms with Crippen molar-refractivity contribution >= 4 is 11.6 Å². The fourth-order valence-corrected chi connectivity index (χ4v) is 2.74. The Kier molecular flexibility index (Phi) is 4.92. The molecule has 1 saturated heterocycles. The Morgan fingerprint density at radius 2 is 2.22 bits per heavy atom. The molecule has 122 valence electrons. The van der Waals surface area contributed by atoms with E-state index in [0.29, 0.717) is 12.3 Å². The lowest BCUT2D eigenvalue weighted by Gasteiger charge is -2.15. The summed E-state index contributed by atoms with van der Waals surface area (Å²) in [6.45, 7) is 6.28. The Morgan fingerprint density at radius 1 is 1.39 bits per heavy atom. The Morgan fingerprint density at radius 3 is 2.87 bits per heavy atom. The molecule has 6 heteroatoms. The predicted molar refractivity (Wildman–Crippen MR) is 88.7 cm³/mol. The number of hydrogen-bond acceptors (Lipinski definition) is 4. The van der Waals surface area contributed by atoms with Crippen molar-refractivity contribution in [3.05, 3.63) is 42.2 Å². The van der Waals surface area contributed by atoms with Gasteiger partial charge in [-0.3, -0.25) is 14.8 Å². The van der Waals surface area contributed by atoms with Crippen LogP contribution in [0.1, 0.15) is 23.8 Å². The van der Waals surface area contributed by atoms with Crippen LogP contribution in [0.2, 0.25) is 0 Å². The number of hydrogen-bond donors (Lipinski definition) is 2. The number of aromatic nitrogens is 2. The molecular weight excluding hydrogens is 292 g/mol. The molecule has 1 aliphatic rings. The maximum Gasteiger partial charge on any atom is 0.273 e. The van der Waals surface area contributed by atoms with E-state index >= 15 is 0 Å². The molecule has 2 N–H and O–H groups in total. The van der Waals surface area contributed by atoms with Crippen LogP contribution in [0, 0.1) is 5.92 Å². The number of anilines is 1. The Bertz CT molecular complexity index is 625.